The zero-order valence-corrected chi connectivity index (χ0v) is 10.2. The standard InChI is InChI=1S/C9H13IN2O2/c1-14-5-3-2-4-12-9(13)6-8(10)7-11-12/h6-7H,2-5H2,1H3. The van der Waals surface area contributed by atoms with Crippen LogP contribution in [0.15, 0.2) is 17.1 Å². The molecule has 0 aliphatic heterocycles. The van der Waals surface area contributed by atoms with Crippen molar-refractivity contribution in [2.75, 3.05) is 13.7 Å². The second kappa shape index (κ2) is 6.13. The first-order chi connectivity index (χ1) is 6.74. The molecule has 1 aromatic rings. The first-order valence-corrected chi connectivity index (χ1v) is 5.53. The van der Waals surface area contributed by atoms with Crippen LogP contribution in [0.4, 0.5) is 0 Å². The summed E-state index contributed by atoms with van der Waals surface area (Å²) in [7, 11) is 1.68. The molecular formula is C9H13IN2O2. The van der Waals surface area contributed by atoms with E-state index in [-0.39, 0.29) is 5.56 Å². The molecular weight excluding hydrogens is 295 g/mol. The van der Waals surface area contributed by atoms with Crippen molar-refractivity contribution in [3.05, 3.63) is 26.2 Å². The van der Waals surface area contributed by atoms with Gasteiger partial charge in [-0.15, -0.1) is 0 Å². The molecule has 0 aliphatic carbocycles. The average Bonchev–Trinajstić information content (AvgIpc) is 2.15. The van der Waals surface area contributed by atoms with Crippen LogP contribution in [0.1, 0.15) is 12.8 Å². The number of aryl methyl sites for hydroxylation is 1. The zero-order chi connectivity index (χ0) is 10.4. The molecule has 0 atom stereocenters. The van der Waals surface area contributed by atoms with Gasteiger partial charge in [-0.1, -0.05) is 0 Å². The minimum Gasteiger partial charge on any atom is -0.385 e. The first kappa shape index (κ1) is 11.6. The van der Waals surface area contributed by atoms with Gasteiger partial charge in [0.15, 0.2) is 0 Å². The van der Waals surface area contributed by atoms with E-state index in [9.17, 15) is 4.79 Å². The third kappa shape index (κ3) is 3.75. The fraction of sp³-hybridized carbons (Fsp3) is 0.556. The number of unbranched alkanes of at least 4 members (excludes halogenated alkanes) is 1. The van der Waals surface area contributed by atoms with Crippen LogP contribution in [0.5, 0.6) is 0 Å². The van der Waals surface area contributed by atoms with Crippen LogP contribution >= 0.6 is 22.6 Å². The second-order valence-corrected chi connectivity index (χ2v) is 4.18. The normalized spacial score (nSPS) is 10.4. The second-order valence-electron chi connectivity index (χ2n) is 2.94. The van der Waals surface area contributed by atoms with E-state index in [0.29, 0.717) is 6.54 Å². The van der Waals surface area contributed by atoms with Gasteiger partial charge in [-0.25, -0.2) is 4.68 Å². The van der Waals surface area contributed by atoms with Crippen LogP contribution in [0.25, 0.3) is 0 Å². The smallest absolute Gasteiger partial charge is 0.267 e. The molecule has 0 radical (unpaired) electrons. The first-order valence-electron chi connectivity index (χ1n) is 4.45. The number of ether oxygens (including phenoxy) is 1. The summed E-state index contributed by atoms with van der Waals surface area (Å²) in [5.74, 6) is 0. The third-order valence-corrected chi connectivity index (χ3v) is 2.39. The van der Waals surface area contributed by atoms with Crippen molar-refractivity contribution < 1.29 is 4.74 Å². The molecule has 78 valence electrons. The number of nitrogens with zero attached hydrogens (tertiary/aromatic N) is 2. The third-order valence-electron chi connectivity index (χ3n) is 1.80. The molecule has 1 aromatic heterocycles. The molecule has 0 fully saturated rings. The number of methoxy groups -OCH3 is 1. The van der Waals surface area contributed by atoms with E-state index in [1.54, 1.807) is 19.4 Å². The summed E-state index contributed by atoms with van der Waals surface area (Å²) in [6.45, 7) is 1.40. The van der Waals surface area contributed by atoms with Gasteiger partial charge in [0.2, 0.25) is 0 Å². The Kier molecular flexibility index (Phi) is 5.10. The van der Waals surface area contributed by atoms with Gasteiger partial charge in [-0.05, 0) is 35.4 Å². The summed E-state index contributed by atoms with van der Waals surface area (Å²) in [4.78, 5) is 11.4. The van der Waals surface area contributed by atoms with E-state index in [0.717, 1.165) is 23.0 Å². The molecule has 14 heavy (non-hydrogen) atoms. The lowest BCUT2D eigenvalue weighted by atomic mass is 10.3. The van der Waals surface area contributed by atoms with Crippen molar-refractivity contribution in [2.45, 2.75) is 19.4 Å². The average molecular weight is 308 g/mol. The molecule has 0 bridgehead atoms. The maximum atomic E-state index is 11.4. The van der Waals surface area contributed by atoms with Crippen LogP contribution in [0.3, 0.4) is 0 Å². The summed E-state index contributed by atoms with van der Waals surface area (Å²) in [5.41, 5.74) is -0.0330. The highest BCUT2D eigenvalue weighted by atomic mass is 127. The van der Waals surface area contributed by atoms with E-state index in [4.69, 9.17) is 4.74 Å². The number of aromatic nitrogens is 2. The Bertz CT molecular complexity index is 338. The number of hydrogen-bond donors (Lipinski definition) is 0. The molecule has 0 N–H and O–H groups in total. The van der Waals surface area contributed by atoms with Gasteiger partial charge in [0.1, 0.15) is 0 Å². The van der Waals surface area contributed by atoms with E-state index < -0.39 is 0 Å². The maximum Gasteiger partial charge on any atom is 0.267 e. The summed E-state index contributed by atoms with van der Waals surface area (Å²) in [6.07, 6.45) is 3.57. The highest BCUT2D eigenvalue weighted by molar-refractivity contribution is 14.1. The van der Waals surface area contributed by atoms with Crippen molar-refractivity contribution >= 4 is 22.6 Å². The van der Waals surface area contributed by atoms with E-state index in [1.807, 2.05) is 0 Å². The van der Waals surface area contributed by atoms with Crippen LogP contribution in [-0.2, 0) is 11.3 Å². The van der Waals surface area contributed by atoms with Crippen molar-refractivity contribution in [3.63, 3.8) is 0 Å². The minimum atomic E-state index is -0.0330. The Hall–Kier alpha value is -0.430. The topological polar surface area (TPSA) is 44.1 Å². The molecule has 0 unspecified atom stereocenters. The lowest BCUT2D eigenvalue weighted by Crippen LogP contribution is -2.22. The van der Waals surface area contributed by atoms with Gasteiger partial charge < -0.3 is 4.74 Å². The summed E-state index contributed by atoms with van der Waals surface area (Å²) < 4.78 is 7.28. The molecule has 5 heteroatoms. The lowest BCUT2D eigenvalue weighted by molar-refractivity contribution is 0.190. The molecule has 0 aliphatic rings. The van der Waals surface area contributed by atoms with Gasteiger partial charge >= 0.3 is 0 Å². The predicted molar refractivity (Wildman–Crippen MR) is 62.3 cm³/mol. The molecule has 1 rings (SSSR count). The number of rotatable bonds is 5. The zero-order valence-electron chi connectivity index (χ0n) is 8.07. The fourth-order valence-electron chi connectivity index (χ4n) is 1.09. The number of halogens is 1. The van der Waals surface area contributed by atoms with Crippen molar-refractivity contribution in [1.29, 1.82) is 0 Å². The van der Waals surface area contributed by atoms with Gasteiger partial charge in [0.25, 0.3) is 5.56 Å². The SMILES string of the molecule is COCCCCn1ncc(I)cc1=O. The predicted octanol–water partition coefficient (Wildman–Crippen LogP) is 1.27. The molecule has 0 spiro atoms. The molecule has 0 amide bonds. The largest absolute Gasteiger partial charge is 0.385 e. The molecule has 0 saturated carbocycles. The summed E-state index contributed by atoms with van der Waals surface area (Å²) in [6, 6.07) is 1.59. The van der Waals surface area contributed by atoms with Crippen LogP contribution in [0.2, 0.25) is 0 Å². The molecule has 1 heterocycles. The summed E-state index contributed by atoms with van der Waals surface area (Å²) >= 11 is 2.08. The van der Waals surface area contributed by atoms with Crippen LogP contribution in [0, 0.1) is 3.57 Å². The Morgan fingerprint density at radius 2 is 2.36 bits per heavy atom. The van der Waals surface area contributed by atoms with Crippen LogP contribution in [-0.4, -0.2) is 23.5 Å². The maximum absolute atomic E-state index is 11.4. The number of hydrogen-bond acceptors (Lipinski definition) is 3. The Morgan fingerprint density at radius 1 is 1.57 bits per heavy atom. The highest BCUT2D eigenvalue weighted by Gasteiger charge is 1.97. The van der Waals surface area contributed by atoms with Gasteiger partial charge in [0.05, 0.1) is 6.20 Å². The van der Waals surface area contributed by atoms with E-state index in [2.05, 4.69) is 27.7 Å². The lowest BCUT2D eigenvalue weighted by Gasteiger charge is -2.03. The van der Waals surface area contributed by atoms with Gasteiger partial charge in [-0.2, -0.15) is 5.10 Å². The van der Waals surface area contributed by atoms with Crippen molar-refractivity contribution in [3.8, 4) is 0 Å². The molecule has 4 nitrogen and oxygen atoms in total. The monoisotopic (exact) mass is 308 g/mol. The van der Waals surface area contributed by atoms with Gasteiger partial charge in [0, 0.05) is 29.9 Å². The van der Waals surface area contributed by atoms with Crippen molar-refractivity contribution in [2.24, 2.45) is 0 Å². The highest BCUT2D eigenvalue weighted by Crippen LogP contribution is 1.97. The Labute approximate surface area is 96.4 Å². The molecule has 0 saturated heterocycles. The summed E-state index contributed by atoms with van der Waals surface area (Å²) in [5, 5.41) is 4.03. The quantitative estimate of drug-likeness (QED) is 0.608. The van der Waals surface area contributed by atoms with Gasteiger partial charge in [-0.3, -0.25) is 4.79 Å². The minimum absolute atomic E-state index is 0.0330. The Morgan fingerprint density at radius 3 is 3.00 bits per heavy atom. The molecule has 0 aromatic carbocycles. The fourth-order valence-corrected chi connectivity index (χ4v) is 1.48. The van der Waals surface area contributed by atoms with Crippen molar-refractivity contribution in [1.82, 2.24) is 9.78 Å². The van der Waals surface area contributed by atoms with Crippen LogP contribution < -0.4 is 5.56 Å². The van der Waals surface area contributed by atoms with E-state index in [1.165, 1.54) is 4.68 Å². The van der Waals surface area contributed by atoms with E-state index >= 15 is 0 Å². The Balaban J connectivity index is 2.47.